The molecule has 0 aliphatic heterocycles. The molecule has 3 amide bonds. The number of nitrogens with zero attached hydrogens (tertiary/aromatic N) is 2. The molecule has 0 aliphatic rings. The minimum Gasteiger partial charge on any atom is -0.360 e. The Balaban J connectivity index is 2.01. The third kappa shape index (κ3) is 5.73. The SMILES string of the molecule is CCCCN(CC(=O)Nc1cc(C)on1)C(=O)Nc1ccc(F)c(Cl)c1. The van der Waals surface area contributed by atoms with E-state index in [1.807, 2.05) is 6.92 Å². The van der Waals surface area contributed by atoms with Gasteiger partial charge in [0.15, 0.2) is 5.82 Å². The van der Waals surface area contributed by atoms with Gasteiger partial charge in [-0.3, -0.25) is 4.79 Å². The van der Waals surface area contributed by atoms with Gasteiger partial charge in [0.25, 0.3) is 0 Å². The smallest absolute Gasteiger partial charge is 0.322 e. The second kappa shape index (κ2) is 9.19. The zero-order valence-electron chi connectivity index (χ0n) is 14.5. The number of aryl methyl sites for hydroxylation is 1. The lowest BCUT2D eigenvalue weighted by Gasteiger charge is -2.22. The van der Waals surface area contributed by atoms with Gasteiger partial charge < -0.3 is 20.1 Å². The average Bonchev–Trinajstić information content (AvgIpc) is 2.99. The fourth-order valence-electron chi connectivity index (χ4n) is 2.16. The van der Waals surface area contributed by atoms with Crippen LogP contribution in [0.5, 0.6) is 0 Å². The van der Waals surface area contributed by atoms with Crippen molar-refractivity contribution in [3.8, 4) is 0 Å². The first kappa shape index (κ1) is 19.7. The van der Waals surface area contributed by atoms with Crippen LogP contribution in [-0.2, 0) is 4.79 Å². The Bertz CT molecular complexity index is 781. The molecule has 1 heterocycles. The Hall–Kier alpha value is -2.61. The van der Waals surface area contributed by atoms with Gasteiger partial charge >= 0.3 is 6.03 Å². The maximum atomic E-state index is 13.2. The number of unbranched alkanes of at least 4 members (excludes halogenated alkanes) is 1. The first-order chi connectivity index (χ1) is 12.4. The van der Waals surface area contributed by atoms with Crippen LogP contribution in [0.4, 0.5) is 20.7 Å². The van der Waals surface area contributed by atoms with Gasteiger partial charge in [0.2, 0.25) is 5.91 Å². The van der Waals surface area contributed by atoms with Crippen LogP contribution in [0.25, 0.3) is 0 Å². The number of anilines is 2. The Morgan fingerprint density at radius 3 is 2.69 bits per heavy atom. The van der Waals surface area contributed by atoms with E-state index in [1.165, 1.54) is 17.0 Å². The molecule has 2 aromatic rings. The van der Waals surface area contributed by atoms with E-state index in [0.29, 0.717) is 18.0 Å². The molecule has 0 fully saturated rings. The molecule has 0 saturated carbocycles. The van der Waals surface area contributed by atoms with Gasteiger partial charge in [-0.05, 0) is 31.5 Å². The molecule has 140 valence electrons. The summed E-state index contributed by atoms with van der Waals surface area (Å²) in [7, 11) is 0. The van der Waals surface area contributed by atoms with E-state index >= 15 is 0 Å². The lowest BCUT2D eigenvalue weighted by Crippen LogP contribution is -2.41. The first-order valence-corrected chi connectivity index (χ1v) is 8.51. The van der Waals surface area contributed by atoms with Crippen LogP contribution in [0.15, 0.2) is 28.8 Å². The zero-order chi connectivity index (χ0) is 19.1. The van der Waals surface area contributed by atoms with Crippen LogP contribution in [0, 0.1) is 12.7 Å². The summed E-state index contributed by atoms with van der Waals surface area (Å²) < 4.78 is 18.1. The molecule has 9 heteroatoms. The normalized spacial score (nSPS) is 10.5. The molecule has 0 bridgehead atoms. The van der Waals surface area contributed by atoms with Gasteiger partial charge in [0.1, 0.15) is 18.1 Å². The number of hydrogen-bond donors (Lipinski definition) is 2. The Kier molecular flexibility index (Phi) is 6.97. The topological polar surface area (TPSA) is 87.5 Å². The van der Waals surface area contributed by atoms with Gasteiger partial charge in [-0.15, -0.1) is 0 Å². The number of urea groups is 1. The van der Waals surface area contributed by atoms with Crippen LogP contribution < -0.4 is 10.6 Å². The number of carbonyl (C=O) groups excluding carboxylic acids is 2. The molecule has 7 nitrogen and oxygen atoms in total. The van der Waals surface area contributed by atoms with Gasteiger partial charge in [-0.2, -0.15) is 0 Å². The van der Waals surface area contributed by atoms with Crippen LogP contribution in [0.2, 0.25) is 5.02 Å². The fourth-order valence-corrected chi connectivity index (χ4v) is 2.34. The number of hydrogen-bond acceptors (Lipinski definition) is 4. The van der Waals surface area contributed by atoms with E-state index in [1.54, 1.807) is 13.0 Å². The van der Waals surface area contributed by atoms with E-state index in [0.717, 1.165) is 18.9 Å². The predicted octanol–water partition coefficient (Wildman–Crippen LogP) is 4.05. The summed E-state index contributed by atoms with van der Waals surface area (Å²) in [6.45, 7) is 3.92. The first-order valence-electron chi connectivity index (χ1n) is 8.13. The summed E-state index contributed by atoms with van der Waals surface area (Å²) in [5, 5.41) is 8.77. The molecular weight excluding hydrogens is 363 g/mol. The van der Waals surface area contributed by atoms with Crippen molar-refractivity contribution in [2.75, 3.05) is 23.7 Å². The summed E-state index contributed by atoms with van der Waals surface area (Å²) in [4.78, 5) is 26.0. The molecular formula is C17H20ClFN4O3. The molecule has 1 aromatic carbocycles. The minimum atomic E-state index is -0.574. The maximum absolute atomic E-state index is 13.2. The van der Waals surface area contributed by atoms with Crippen LogP contribution >= 0.6 is 11.6 Å². The highest BCUT2D eigenvalue weighted by Gasteiger charge is 2.18. The Labute approximate surface area is 155 Å². The van der Waals surface area contributed by atoms with E-state index in [4.69, 9.17) is 16.1 Å². The number of aromatic nitrogens is 1. The highest BCUT2D eigenvalue weighted by atomic mass is 35.5. The fraction of sp³-hybridized carbons (Fsp3) is 0.353. The number of benzene rings is 1. The van der Waals surface area contributed by atoms with Gasteiger partial charge in [0, 0.05) is 18.3 Å². The third-order valence-electron chi connectivity index (χ3n) is 3.47. The maximum Gasteiger partial charge on any atom is 0.322 e. The molecule has 0 spiro atoms. The van der Waals surface area contributed by atoms with Crippen molar-refractivity contribution in [3.63, 3.8) is 0 Å². The molecule has 0 aliphatic carbocycles. The predicted molar refractivity (Wildman–Crippen MR) is 96.8 cm³/mol. The number of amides is 3. The number of rotatable bonds is 7. The summed E-state index contributed by atoms with van der Waals surface area (Å²) in [6.07, 6.45) is 1.59. The summed E-state index contributed by atoms with van der Waals surface area (Å²) in [5.74, 6) is -0.126. The molecule has 0 radical (unpaired) electrons. The number of nitrogens with one attached hydrogen (secondary N) is 2. The van der Waals surface area contributed by atoms with Gasteiger partial charge in [0.05, 0.1) is 5.02 Å². The molecule has 1 aromatic heterocycles. The third-order valence-corrected chi connectivity index (χ3v) is 3.76. The van der Waals surface area contributed by atoms with Crippen molar-refractivity contribution in [2.24, 2.45) is 0 Å². The lowest BCUT2D eigenvalue weighted by molar-refractivity contribution is -0.116. The van der Waals surface area contributed by atoms with E-state index in [2.05, 4.69) is 15.8 Å². The van der Waals surface area contributed by atoms with Crippen molar-refractivity contribution in [1.29, 1.82) is 0 Å². The van der Waals surface area contributed by atoms with E-state index in [9.17, 15) is 14.0 Å². The zero-order valence-corrected chi connectivity index (χ0v) is 15.3. The van der Waals surface area contributed by atoms with Crippen molar-refractivity contribution in [3.05, 3.63) is 40.9 Å². The second-order valence-corrected chi connectivity index (χ2v) is 6.11. The lowest BCUT2D eigenvalue weighted by atomic mass is 10.3. The Morgan fingerprint density at radius 1 is 1.31 bits per heavy atom. The summed E-state index contributed by atoms with van der Waals surface area (Å²) in [5.41, 5.74) is 0.343. The largest absolute Gasteiger partial charge is 0.360 e. The standard InChI is InChI=1S/C17H20ClFN4O3/c1-3-4-7-23(10-16(24)21-15-8-11(2)26-22-15)17(25)20-12-5-6-14(19)13(18)9-12/h5-6,8-9H,3-4,7,10H2,1-2H3,(H,20,25)(H,21,22,24). The molecule has 0 saturated heterocycles. The van der Waals surface area contributed by atoms with Crippen LogP contribution in [-0.4, -0.2) is 35.1 Å². The van der Waals surface area contributed by atoms with Crippen molar-refractivity contribution < 1.29 is 18.5 Å². The second-order valence-electron chi connectivity index (χ2n) is 5.71. The number of carbonyl (C=O) groups is 2. The minimum absolute atomic E-state index is 0.0953. The average molecular weight is 383 g/mol. The van der Waals surface area contributed by atoms with Crippen LogP contribution in [0.3, 0.4) is 0 Å². The quantitative estimate of drug-likeness (QED) is 0.756. The molecule has 26 heavy (non-hydrogen) atoms. The summed E-state index contributed by atoms with van der Waals surface area (Å²) in [6, 6.07) is 4.97. The van der Waals surface area contributed by atoms with E-state index < -0.39 is 17.8 Å². The molecule has 0 unspecified atom stereocenters. The van der Waals surface area contributed by atoms with Crippen molar-refractivity contribution in [2.45, 2.75) is 26.7 Å². The highest BCUT2D eigenvalue weighted by molar-refractivity contribution is 6.31. The van der Waals surface area contributed by atoms with Gasteiger partial charge in [-0.1, -0.05) is 30.1 Å². The number of halogens is 2. The van der Waals surface area contributed by atoms with Crippen molar-refractivity contribution >= 4 is 35.0 Å². The summed E-state index contributed by atoms with van der Waals surface area (Å²) >= 11 is 5.72. The highest BCUT2D eigenvalue weighted by Crippen LogP contribution is 2.19. The van der Waals surface area contributed by atoms with E-state index in [-0.39, 0.29) is 17.4 Å². The molecule has 2 rings (SSSR count). The van der Waals surface area contributed by atoms with Gasteiger partial charge in [-0.25, -0.2) is 9.18 Å². The molecule has 2 N–H and O–H groups in total. The van der Waals surface area contributed by atoms with Crippen LogP contribution in [0.1, 0.15) is 25.5 Å². The van der Waals surface area contributed by atoms with Crippen molar-refractivity contribution in [1.82, 2.24) is 10.1 Å². The molecule has 0 atom stereocenters. The Morgan fingerprint density at radius 2 is 2.08 bits per heavy atom. The monoisotopic (exact) mass is 382 g/mol.